The second kappa shape index (κ2) is 14.2. The Labute approximate surface area is 241 Å². The number of rotatable bonds is 12. The van der Waals surface area contributed by atoms with Gasteiger partial charge < -0.3 is 19.7 Å². The molecule has 0 saturated carbocycles. The molecule has 0 radical (unpaired) electrons. The number of methoxy groups -OCH3 is 1. The Morgan fingerprint density at radius 2 is 1.51 bits per heavy atom. The highest BCUT2D eigenvalue weighted by Gasteiger charge is 2.32. The SMILES string of the molecule is COc1ccc(OCCCC(=O)N(Cc2c(Cl)cccc2Cl)[C@@H](Cc2ccccc2)C(=O)NC(C)(C)C)cc1. The van der Waals surface area contributed by atoms with Gasteiger partial charge in [0.1, 0.15) is 17.5 Å². The average Bonchev–Trinajstić information content (AvgIpc) is 2.90. The van der Waals surface area contributed by atoms with Gasteiger partial charge >= 0.3 is 0 Å². The highest BCUT2D eigenvalue weighted by atomic mass is 35.5. The normalized spacial score (nSPS) is 11.9. The molecule has 39 heavy (non-hydrogen) atoms. The molecule has 0 heterocycles. The van der Waals surface area contributed by atoms with Gasteiger partial charge in [-0.25, -0.2) is 0 Å². The highest BCUT2D eigenvalue weighted by molar-refractivity contribution is 6.36. The van der Waals surface area contributed by atoms with Crippen LogP contribution < -0.4 is 14.8 Å². The first-order chi connectivity index (χ1) is 18.6. The fourth-order valence-electron chi connectivity index (χ4n) is 4.09. The number of nitrogens with one attached hydrogen (secondary N) is 1. The molecule has 208 valence electrons. The number of amides is 2. The van der Waals surface area contributed by atoms with Crippen LogP contribution in [0.1, 0.15) is 44.7 Å². The lowest BCUT2D eigenvalue weighted by Crippen LogP contribution is -2.54. The van der Waals surface area contributed by atoms with Crippen molar-refractivity contribution in [2.45, 2.75) is 58.2 Å². The first kappa shape index (κ1) is 30.3. The second-order valence-electron chi connectivity index (χ2n) is 10.3. The number of carbonyl (C=O) groups is 2. The Kier molecular flexibility index (Phi) is 11.1. The summed E-state index contributed by atoms with van der Waals surface area (Å²) in [6, 6.07) is 21.4. The first-order valence-electron chi connectivity index (χ1n) is 12.9. The number of benzene rings is 3. The van der Waals surface area contributed by atoms with Crippen molar-refractivity contribution in [2.75, 3.05) is 13.7 Å². The third-order valence-electron chi connectivity index (χ3n) is 6.02. The van der Waals surface area contributed by atoms with Crippen molar-refractivity contribution in [1.29, 1.82) is 0 Å². The third kappa shape index (κ3) is 9.48. The van der Waals surface area contributed by atoms with E-state index in [2.05, 4.69) is 5.32 Å². The zero-order valence-electron chi connectivity index (χ0n) is 22.9. The molecule has 3 aromatic carbocycles. The maximum Gasteiger partial charge on any atom is 0.243 e. The number of hydrogen-bond acceptors (Lipinski definition) is 4. The summed E-state index contributed by atoms with van der Waals surface area (Å²) in [6.45, 7) is 6.19. The van der Waals surface area contributed by atoms with E-state index in [1.165, 1.54) is 0 Å². The van der Waals surface area contributed by atoms with Gasteiger partial charge in [0.15, 0.2) is 0 Å². The van der Waals surface area contributed by atoms with Gasteiger partial charge in [0, 0.05) is 40.5 Å². The van der Waals surface area contributed by atoms with Crippen LogP contribution in [-0.4, -0.2) is 42.0 Å². The largest absolute Gasteiger partial charge is 0.497 e. The molecule has 0 aromatic heterocycles. The van der Waals surface area contributed by atoms with Gasteiger partial charge in [-0.2, -0.15) is 0 Å². The molecular formula is C31H36Cl2N2O4. The summed E-state index contributed by atoms with van der Waals surface area (Å²) < 4.78 is 11.0. The molecule has 3 rings (SSSR count). The van der Waals surface area contributed by atoms with Crippen LogP contribution >= 0.6 is 23.2 Å². The van der Waals surface area contributed by atoms with Crippen molar-refractivity contribution in [1.82, 2.24) is 10.2 Å². The zero-order valence-corrected chi connectivity index (χ0v) is 24.4. The Morgan fingerprint density at radius 1 is 0.897 bits per heavy atom. The van der Waals surface area contributed by atoms with Gasteiger partial charge in [-0.15, -0.1) is 0 Å². The molecule has 6 nitrogen and oxygen atoms in total. The van der Waals surface area contributed by atoms with Gasteiger partial charge in [-0.05, 0) is 69.2 Å². The molecule has 0 aliphatic heterocycles. The van der Waals surface area contributed by atoms with Crippen LogP contribution in [0.3, 0.4) is 0 Å². The maximum atomic E-state index is 13.8. The Bertz CT molecular complexity index is 1210. The summed E-state index contributed by atoms with van der Waals surface area (Å²) in [4.78, 5) is 29.0. The van der Waals surface area contributed by atoms with Crippen LogP contribution in [0.15, 0.2) is 72.8 Å². The van der Waals surface area contributed by atoms with Crippen molar-refractivity contribution < 1.29 is 19.1 Å². The molecular weight excluding hydrogens is 535 g/mol. The highest BCUT2D eigenvalue weighted by Crippen LogP contribution is 2.28. The third-order valence-corrected chi connectivity index (χ3v) is 6.73. The lowest BCUT2D eigenvalue weighted by molar-refractivity contribution is -0.142. The van der Waals surface area contributed by atoms with Crippen molar-refractivity contribution in [3.63, 3.8) is 0 Å². The Morgan fingerprint density at radius 3 is 2.10 bits per heavy atom. The van der Waals surface area contributed by atoms with Gasteiger partial charge in [-0.1, -0.05) is 59.6 Å². The summed E-state index contributed by atoms with van der Waals surface area (Å²) in [6.07, 6.45) is 1.00. The van der Waals surface area contributed by atoms with Crippen molar-refractivity contribution in [3.05, 3.63) is 94.0 Å². The minimum absolute atomic E-state index is 0.103. The number of hydrogen-bond donors (Lipinski definition) is 1. The summed E-state index contributed by atoms with van der Waals surface area (Å²) in [5.41, 5.74) is 1.07. The molecule has 0 unspecified atom stereocenters. The zero-order chi connectivity index (χ0) is 28.4. The number of carbonyl (C=O) groups excluding carboxylic acids is 2. The quantitative estimate of drug-likeness (QED) is 0.245. The van der Waals surface area contributed by atoms with Crippen molar-refractivity contribution in [3.8, 4) is 11.5 Å². The van der Waals surface area contributed by atoms with E-state index < -0.39 is 11.6 Å². The lowest BCUT2D eigenvalue weighted by atomic mass is 10.00. The van der Waals surface area contributed by atoms with Crippen LogP contribution in [0.4, 0.5) is 0 Å². The monoisotopic (exact) mass is 570 g/mol. The fourth-order valence-corrected chi connectivity index (χ4v) is 4.61. The first-order valence-corrected chi connectivity index (χ1v) is 13.7. The number of nitrogens with zero attached hydrogens (tertiary/aromatic N) is 1. The molecule has 1 N–H and O–H groups in total. The van der Waals surface area contributed by atoms with Gasteiger partial charge in [0.2, 0.25) is 11.8 Å². The predicted octanol–water partition coefficient (Wildman–Crippen LogP) is 6.72. The topological polar surface area (TPSA) is 67.9 Å². The smallest absolute Gasteiger partial charge is 0.243 e. The van der Waals surface area contributed by atoms with Crippen LogP contribution in [0.5, 0.6) is 11.5 Å². The van der Waals surface area contributed by atoms with E-state index in [1.54, 1.807) is 30.2 Å². The molecule has 0 saturated heterocycles. The molecule has 0 bridgehead atoms. The van der Waals surface area contributed by atoms with Crippen LogP contribution in [0.25, 0.3) is 0 Å². The van der Waals surface area contributed by atoms with E-state index >= 15 is 0 Å². The second-order valence-corrected chi connectivity index (χ2v) is 11.1. The molecule has 3 aromatic rings. The average molecular weight is 572 g/mol. The molecule has 0 spiro atoms. The van der Waals surface area contributed by atoms with Gasteiger partial charge in [0.25, 0.3) is 0 Å². The molecule has 0 fully saturated rings. The van der Waals surface area contributed by atoms with E-state index in [-0.39, 0.29) is 24.8 Å². The van der Waals surface area contributed by atoms with E-state index in [0.29, 0.717) is 40.8 Å². The molecule has 1 atom stereocenters. The van der Waals surface area contributed by atoms with Gasteiger partial charge in [-0.3, -0.25) is 9.59 Å². The summed E-state index contributed by atoms with van der Waals surface area (Å²) >= 11 is 13.0. The van der Waals surface area contributed by atoms with Crippen molar-refractivity contribution in [2.24, 2.45) is 0 Å². The van der Waals surface area contributed by atoms with Crippen LogP contribution in [-0.2, 0) is 22.6 Å². The fraction of sp³-hybridized carbons (Fsp3) is 0.355. The van der Waals surface area contributed by atoms with E-state index in [0.717, 1.165) is 11.3 Å². The van der Waals surface area contributed by atoms with E-state index in [1.807, 2.05) is 75.4 Å². The lowest BCUT2D eigenvalue weighted by Gasteiger charge is -2.34. The Balaban J connectivity index is 1.84. The summed E-state index contributed by atoms with van der Waals surface area (Å²) in [7, 11) is 1.61. The molecule has 2 amide bonds. The van der Waals surface area contributed by atoms with Crippen LogP contribution in [0, 0.1) is 0 Å². The molecule has 0 aliphatic rings. The van der Waals surface area contributed by atoms with Gasteiger partial charge in [0.05, 0.1) is 13.7 Å². The van der Waals surface area contributed by atoms with E-state index in [9.17, 15) is 9.59 Å². The minimum Gasteiger partial charge on any atom is -0.497 e. The maximum absolute atomic E-state index is 13.8. The van der Waals surface area contributed by atoms with Crippen LogP contribution in [0.2, 0.25) is 10.0 Å². The predicted molar refractivity (Wildman–Crippen MR) is 157 cm³/mol. The minimum atomic E-state index is -0.769. The summed E-state index contributed by atoms with van der Waals surface area (Å²) in [5.74, 6) is 1.01. The standard InChI is InChI=1S/C31H36Cl2N2O4/c1-31(2,3)34-30(37)28(20-22-10-6-5-7-11-22)35(21-25-26(32)12-8-13-27(25)33)29(36)14-9-19-39-24-17-15-23(38-4)16-18-24/h5-8,10-13,15-18,28H,9,14,19-21H2,1-4H3,(H,34,37)/t28-/m0/s1. The number of ether oxygens (including phenoxy) is 2. The molecule has 0 aliphatic carbocycles. The van der Waals surface area contributed by atoms with E-state index in [4.69, 9.17) is 32.7 Å². The summed E-state index contributed by atoms with van der Waals surface area (Å²) in [5, 5.41) is 3.94. The Hall–Kier alpha value is -3.22. The number of halogens is 2. The molecule has 8 heteroatoms. The van der Waals surface area contributed by atoms with Crippen molar-refractivity contribution >= 4 is 35.0 Å².